The highest BCUT2D eigenvalue weighted by atomic mass is 16.4. The molecule has 19 heavy (non-hydrogen) atoms. The Hall–Kier alpha value is -2.07. The zero-order valence-electron chi connectivity index (χ0n) is 11.2. The van der Waals surface area contributed by atoms with Crippen molar-refractivity contribution in [3.05, 3.63) is 48.2 Å². The molecule has 0 aliphatic rings. The van der Waals surface area contributed by atoms with Crippen LogP contribution in [0.4, 0.5) is 0 Å². The van der Waals surface area contributed by atoms with E-state index in [0.717, 1.165) is 6.54 Å². The molecule has 2 aromatic rings. The topological polar surface area (TPSA) is 45.5 Å². The van der Waals surface area contributed by atoms with Crippen LogP contribution in [-0.2, 0) is 18.4 Å². The third-order valence-corrected chi connectivity index (χ3v) is 3.10. The summed E-state index contributed by atoms with van der Waals surface area (Å²) in [5.74, 6) is -0.904. The average molecular weight is 258 g/mol. The molecule has 0 aliphatic carbocycles. The van der Waals surface area contributed by atoms with Crippen molar-refractivity contribution in [2.75, 3.05) is 13.6 Å². The van der Waals surface area contributed by atoms with Gasteiger partial charge in [-0.2, -0.15) is 0 Å². The van der Waals surface area contributed by atoms with Crippen LogP contribution in [0.15, 0.2) is 42.6 Å². The van der Waals surface area contributed by atoms with E-state index in [2.05, 4.69) is 27.8 Å². The number of carboxylic acid groups (broad SMARTS) is 1. The minimum Gasteiger partial charge on any atom is -0.478 e. The third kappa shape index (κ3) is 3.23. The van der Waals surface area contributed by atoms with Crippen molar-refractivity contribution in [1.29, 1.82) is 0 Å². The molecule has 0 saturated carbocycles. The van der Waals surface area contributed by atoms with E-state index >= 15 is 0 Å². The van der Waals surface area contributed by atoms with E-state index in [4.69, 9.17) is 5.11 Å². The number of hydrogen-bond donors (Lipinski definition) is 1. The van der Waals surface area contributed by atoms with Crippen LogP contribution in [0.2, 0.25) is 0 Å². The standard InChI is InChI=1S/C15H18N2O2/c1-16(9-5-8-15(18)19)10-12-11-17(2)14-7-4-3-6-13(12)14/h3-8,11H,9-10H2,1-2H3,(H,18,19)/b8-5+. The number of aryl methyl sites for hydroxylation is 1. The normalized spacial score (nSPS) is 11.7. The van der Waals surface area contributed by atoms with Gasteiger partial charge in [0.2, 0.25) is 0 Å². The molecular weight excluding hydrogens is 240 g/mol. The highest BCUT2D eigenvalue weighted by Gasteiger charge is 2.07. The summed E-state index contributed by atoms with van der Waals surface area (Å²) in [6.45, 7) is 1.42. The van der Waals surface area contributed by atoms with Gasteiger partial charge in [-0.05, 0) is 18.7 Å². The number of para-hydroxylation sites is 1. The lowest BCUT2D eigenvalue weighted by Gasteiger charge is -2.13. The lowest BCUT2D eigenvalue weighted by Crippen LogP contribution is -2.17. The van der Waals surface area contributed by atoms with Crippen LogP contribution >= 0.6 is 0 Å². The molecular formula is C15H18N2O2. The summed E-state index contributed by atoms with van der Waals surface area (Å²) in [6, 6.07) is 8.29. The SMILES string of the molecule is CN(C/C=C/C(=O)O)Cc1cn(C)c2ccccc12. The van der Waals surface area contributed by atoms with Gasteiger partial charge in [0.05, 0.1) is 0 Å². The van der Waals surface area contributed by atoms with Gasteiger partial charge in [0, 0.05) is 43.3 Å². The summed E-state index contributed by atoms with van der Waals surface area (Å²) in [5.41, 5.74) is 2.47. The molecule has 0 atom stereocenters. The molecule has 0 bridgehead atoms. The summed E-state index contributed by atoms with van der Waals surface area (Å²) in [6.07, 6.45) is 4.97. The monoisotopic (exact) mass is 258 g/mol. The highest BCUT2D eigenvalue weighted by Crippen LogP contribution is 2.21. The maximum atomic E-state index is 10.4. The van der Waals surface area contributed by atoms with Gasteiger partial charge in [0.25, 0.3) is 0 Å². The van der Waals surface area contributed by atoms with Gasteiger partial charge >= 0.3 is 5.97 Å². The Bertz CT molecular complexity index is 614. The lowest BCUT2D eigenvalue weighted by atomic mass is 10.1. The van der Waals surface area contributed by atoms with E-state index in [1.807, 2.05) is 26.2 Å². The number of hydrogen-bond acceptors (Lipinski definition) is 2. The number of rotatable bonds is 5. The Morgan fingerprint density at radius 3 is 2.89 bits per heavy atom. The van der Waals surface area contributed by atoms with E-state index in [0.29, 0.717) is 6.54 Å². The summed E-state index contributed by atoms with van der Waals surface area (Å²) < 4.78 is 2.12. The molecule has 4 heteroatoms. The Kier molecular flexibility index (Phi) is 4.02. The number of aliphatic carboxylic acids is 1. The maximum Gasteiger partial charge on any atom is 0.328 e. The quantitative estimate of drug-likeness (QED) is 0.837. The molecule has 0 spiro atoms. The maximum absolute atomic E-state index is 10.4. The molecule has 1 aromatic carbocycles. The predicted molar refractivity (Wildman–Crippen MR) is 76.0 cm³/mol. The Labute approximate surface area is 112 Å². The number of benzene rings is 1. The average Bonchev–Trinajstić information content (AvgIpc) is 2.66. The summed E-state index contributed by atoms with van der Waals surface area (Å²) >= 11 is 0. The fourth-order valence-corrected chi connectivity index (χ4v) is 2.24. The number of likely N-dealkylation sites (N-methyl/N-ethyl adjacent to an activating group) is 1. The zero-order chi connectivity index (χ0) is 13.8. The van der Waals surface area contributed by atoms with E-state index in [1.165, 1.54) is 22.5 Å². The molecule has 1 N–H and O–H groups in total. The van der Waals surface area contributed by atoms with Gasteiger partial charge in [0.1, 0.15) is 0 Å². The smallest absolute Gasteiger partial charge is 0.328 e. The number of nitrogens with zero attached hydrogens (tertiary/aromatic N) is 2. The van der Waals surface area contributed by atoms with Crippen LogP contribution in [0, 0.1) is 0 Å². The first-order valence-electron chi connectivity index (χ1n) is 6.19. The first-order chi connectivity index (χ1) is 9.08. The van der Waals surface area contributed by atoms with Crippen LogP contribution in [0.5, 0.6) is 0 Å². The Morgan fingerprint density at radius 2 is 2.16 bits per heavy atom. The molecule has 0 saturated heterocycles. The molecule has 0 unspecified atom stereocenters. The second-order valence-electron chi connectivity index (χ2n) is 4.72. The van der Waals surface area contributed by atoms with E-state index < -0.39 is 5.97 Å². The summed E-state index contributed by atoms with van der Waals surface area (Å²) in [7, 11) is 4.02. The van der Waals surface area contributed by atoms with E-state index in [9.17, 15) is 4.79 Å². The number of aromatic nitrogens is 1. The Morgan fingerprint density at radius 1 is 1.42 bits per heavy atom. The molecule has 0 aliphatic heterocycles. The van der Waals surface area contributed by atoms with E-state index in [1.54, 1.807) is 6.08 Å². The first-order valence-corrected chi connectivity index (χ1v) is 6.19. The molecule has 0 radical (unpaired) electrons. The molecule has 0 amide bonds. The van der Waals surface area contributed by atoms with Gasteiger partial charge in [-0.3, -0.25) is 4.90 Å². The largest absolute Gasteiger partial charge is 0.478 e. The fourth-order valence-electron chi connectivity index (χ4n) is 2.24. The van der Waals surface area contributed by atoms with Crippen LogP contribution < -0.4 is 0 Å². The van der Waals surface area contributed by atoms with Gasteiger partial charge in [-0.1, -0.05) is 24.3 Å². The molecule has 0 fully saturated rings. The number of carbonyl (C=O) groups is 1. The van der Waals surface area contributed by atoms with Crippen molar-refractivity contribution in [1.82, 2.24) is 9.47 Å². The number of fused-ring (bicyclic) bond motifs is 1. The predicted octanol–water partition coefficient (Wildman–Crippen LogP) is 2.25. The lowest BCUT2D eigenvalue weighted by molar-refractivity contribution is -0.131. The van der Waals surface area contributed by atoms with Gasteiger partial charge in [-0.15, -0.1) is 0 Å². The van der Waals surface area contributed by atoms with Crippen LogP contribution in [0.3, 0.4) is 0 Å². The zero-order valence-corrected chi connectivity index (χ0v) is 11.2. The first kappa shape index (κ1) is 13.4. The van der Waals surface area contributed by atoms with Crippen LogP contribution in [-0.4, -0.2) is 34.1 Å². The summed E-state index contributed by atoms with van der Waals surface area (Å²) in [4.78, 5) is 12.5. The molecule has 100 valence electrons. The van der Waals surface area contributed by atoms with Crippen molar-refractivity contribution in [2.45, 2.75) is 6.54 Å². The van der Waals surface area contributed by atoms with Gasteiger partial charge in [-0.25, -0.2) is 4.79 Å². The highest BCUT2D eigenvalue weighted by molar-refractivity contribution is 5.83. The van der Waals surface area contributed by atoms with Crippen molar-refractivity contribution >= 4 is 16.9 Å². The van der Waals surface area contributed by atoms with Crippen LogP contribution in [0.25, 0.3) is 10.9 Å². The third-order valence-electron chi connectivity index (χ3n) is 3.10. The second-order valence-corrected chi connectivity index (χ2v) is 4.72. The fraction of sp³-hybridized carbons (Fsp3) is 0.267. The van der Waals surface area contributed by atoms with E-state index in [-0.39, 0.29) is 0 Å². The van der Waals surface area contributed by atoms with Crippen molar-refractivity contribution in [2.24, 2.45) is 7.05 Å². The molecule has 1 aromatic heterocycles. The van der Waals surface area contributed by atoms with Crippen molar-refractivity contribution in [3.8, 4) is 0 Å². The molecule has 4 nitrogen and oxygen atoms in total. The van der Waals surface area contributed by atoms with Crippen LogP contribution in [0.1, 0.15) is 5.56 Å². The van der Waals surface area contributed by atoms with Crippen molar-refractivity contribution < 1.29 is 9.90 Å². The molecule has 2 rings (SSSR count). The summed E-state index contributed by atoms with van der Waals surface area (Å²) in [5, 5.41) is 9.80. The van der Waals surface area contributed by atoms with Gasteiger partial charge < -0.3 is 9.67 Å². The number of carboxylic acids is 1. The minimum absolute atomic E-state index is 0.621. The second kappa shape index (κ2) is 5.71. The van der Waals surface area contributed by atoms with Gasteiger partial charge in [0.15, 0.2) is 0 Å². The minimum atomic E-state index is -0.904. The van der Waals surface area contributed by atoms with Crippen molar-refractivity contribution in [3.63, 3.8) is 0 Å². The Balaban J connectivity index is 2.11. The molecule has 1 heterocycles.